The first-order chi connectivity index (χ1) is 10.1. The van der Waals surface area contributed by atoms with Crippen LogP contribution in [0.2, 0.25) is 0 Å². The first-order valence-electron chi connectivity index (χ1n) is 6.31. The number of rotatable bonds is 6. The molecule has 2 aromatic rings. The average molecular weight is 290 g/mol. The Kier molecular flexibility index (Phi) is 4.50. The van der Waals surface area contributed by atoms with Gasteiger partial charge in [-0.25, -0.2) is 0 Å². The van der Waals surface area contributed by atoms with Crippen molar-refractivity contribution in [1.82, 2.24) is 10.5 Å². The van der Waals surface area contributed by atoms with Crippen LogP contribution in [0.3, 0.4) is 0 Å². The predicted molar refractivity (Wildman–Crippen MR) is 74.9 cm³/mol. The standard InChI is InChI=1S/C13H14N4O4/c1-2-14-9-3-4-12(17(19)20)11(7-9)13(18)15-8-10-5-6-21-16-10/h3-7,14H,2,8H2,1H3,(H,15,18). The fourth-order valence-corrected chi connectivity index (χ4v) is 1.79. The summed E-state index contributed by atoms with van der Waals surface area (Å²) in [5, 5.41) is 20.2. The van der Waals surface area contributed by atoms with Crippen molar-refractivity contribution < 1.29 is 14.2 Å². The summed E-state index contributed by atoms with van der Waals surface area (Å²) in [6.07, 6.45) is 1.38. The van der Waals surface area contributed by atoms with Crippen LogP contribution in [-0.2, 0) is 6.54 Å². The molecule has 0 unspecified atom stereocenters. The van der Waals surface area contributed by atoms with Crippen LogP contribution >= 0.6 is 0 Å². The van der Waals surface area contributed by atoms with Crippen molar-refractivity contribution in [3.8, 4) is 0 Å². The molecular formula is C13H14N4O4. The van der Waals surface area contributed by atoms with Crippen LogP contribution < -0.4 is 10.6 Å². The molecule has 0 fully saturated rings. The summed E-state index contributed by atoms with van der Waals surface area (Å²) in [6.45, 7) is 2.68. The van der Waals surface area contributed by atoms with Gasteiger partial charge in [0, 0.05) is 24.4 Å². The molecule has 0 saturated heterocycles. The van der Waals surface area contributed by atoms with Crippen LogP contribution in [0.25, 0.3) is 0 Å². The molecular weight excluding hydrogens is 276 g/mol. The monoisotopic (exact) mass is 290 g/mol. The van der Waals surface area contributed by atoms with Gasteiger partial charge in [0.05, 0.1) is 11.5 Å². The number of nitrogens with one attached hydrogen (secondary N) is 2. The number of hydrogen-bond donors (Lipinski definition) is 2. The maximum absolute atomic E-state index is 12.1. The molecule has 8 heteroatoms. The zero-order valence-electron chi connectivity index (χ0n) is 11.3. The Hall–Kier alpha value is -2.90. The number of nitro benzene ring substituents is 1. The third-order valence-corrected chi connectivity index (χ3v) is 2.74. The summed E-state index contributed by atoms with van der Waals surface area (Å²) < 4.78 is 4.65. The van der Waals surface area contributed by atoms with Crippen LogP contribution in [0.5, 0.6) is 0 Å². The van der Waals surface area contributed by atoms with Crippen LogP contribution in [-0.4, -0.2) is 22.5 Å². The summed E-state index contributed by atoms with van der Waals surface area (Å²) in [7, 11) is 0. The lowest BCUT2D eigenvalue weighted by atomic mass is 10.1. The smallest absolute Gasteiger partial charge is 0.282 e. The molecule has 1 amide bonds. The average Bonchev–Trinajstić information content (AvgIpc) is 2.98. The molecule has 1 aromatic carbocycles. The van der Waals surface area contributed by atoms with E-state index in [-0.39, 0.29) is 17.8 Å². The van der Waals surface area contributed by atoms with E-state index in [1.165, 1.54) is 18.4 Å². The largest absolute Gasteiger partial charge is 0.385 e. The molecule has 8 nitrogen and oxygen atoms in total. The number of aromatic nitrogens is 1. The SMILES string of the molecule is CCNc1ccc([N+](=O)[O-])c(C(=O)NCc2ccon2)c1. The Balaban J connectivity index is 2.20. The Morgan fingerprint density at radius 1 is 1.43 bits per heavy atom. The van der Waals surface area contributed by atoms with Crippen molar-refractivity contribution in [2.75, 3.05) is 11.9 Å². The predicted octanol–water partition coefficient (Wildman–Crippen LogP) is 1.94. The molecule has 2 N–H and O–H groups in total. The van der Waals surface area contributed by atoms with Gasteiger partial charge in [0.15, 0.2) is 0 Å². The van der Waals surface area contributed by atoms with E-state index in [1.54, 1.807) is 12.1 Å². The van der Waals surface area contributed by atoms with Gasteiger partial charge in [0.2, 0.25) is 0 Å². The molecule has 1 heterocycles. The molecule has 0 spiro atoms. The number of nitrogens with zero attached hydrogens (tertiary/aromatic N) is 2. The number of carbonyl (C=O) groups is 1. The van der Waals surface area contributed by atoms with E-state index in [4.69, 9.17) is 0 Å². The maximum atomic E-state index is 12.1. The topological polar surface area (TPSA) is 110 Å². The molecule has 110 valence electrons. The van der Waals surface area contributed by atoms with Crippen molar-refractivity contribution in [2.24, 2.45) is 0 Å². The second-order valence-electron chi connectivity index (χ2n) is 4.19. The molecule has 0 saturated carbocycles. The van der Waals surface area contributed by atoms with Gasteiger partial charge >= 0.3 is 0 Å². The quantitative estimate of drug-likeness (QED) is 0.621. The van der Waals surface area contributed by atoms with Crippen molar-refractivity contribution in [1.29, 1.82) is 0 Å². The highest BCUT2D eigenvalue weighted by Crippen LogP contribution is 2.22. The van der Waals surface area contributed by atoms with Crippen molar-refractivity contribution in [2.45, 2.75) is 13.5 Å². The molecule has 2 rings (SSSR count). The van der Waals surface area contributed by atoms with Crippen molar-refractivity contribution in [3.63, 3.8) is 0 Å². The normalized spacial score (nSPS) is 10.1. The van der Waals surface area contributed by atoms with Crippen LogP contribution in [0.4, 0.5) is 11.4 Å². The van der Waals surface area contributed by atoms with E-state index >= 15 is 0 Å². The fraction of sp³-hybridized carbons (Fsp3) is 0.231. The Morgan fingerprint density at radius 2 is 2.24 bits per heavy atom. The number of benzene rings is 1. The van der Waals surface area contributed by atoms with Crippen LogP contribution in [0.15, 0.2) is 35.1 Å². The number of carbonyl (C=O) groups excluding carboxylic acids is 1. The van der Waals surface area contributed by atoms with Gasteiger partial charge in [-0.1, -0.05) is 5.16 Å². The fourth-order valence-electron chi connectivity index (χ4n) is 1.79. The first-order valence-corrected chi connectivity index (χ1v) is 6.31. The van der Waals surface area contributed by atoms with Crippen LogP contribution in [0.1, 0.15) is 23.0 Å². The van der Waals surface area contributed by atoms with Gasteiger partial charge < -0.3 is 15.2 Å². The van der Waals surface area contributed by atoms with E-state index in [9.17, 15) is 14.9 Å². The molecule has 0 aliphatic heterocycles. The third kappa shape index (κ3) is 3.56. The van der Waals surface area contributed by atoms with Gasteiger partial charge in [-0.2, -0.15) is 0 Å². The van der Waals surface area contributed by atoms with Gasteiger partial charge in [0.1, 0.15) is 17.5 Å². The Labute approximate surface area is 120 Å². The summed E-state index contributed by atoms with van der Waals surface area (Å²) in [5.41, 5.74) is 0.944. The minimum Gasteiger partial charge on any atom is -0.385 e. The first kappa shape index (κ1) is 14.5. The molecule has 0 aliphatic carbocycles. The second kappa shape index (κ2) is 6.51. The summed E-state index contributed by atoms with van der Waals surface area (Å²) in [6, 6.07) is 5.93. The zero-order chi connectivity index (χ0) is 15.2. The third-order valence-electron chi connectivity index (χ3n) is 2.74. The minimum absolute atomic E-state index is 0.00180. The molecule has 0 bridgehead atoms. The van der Waals surface area contributed by atoms with E-state index in [0.717, 1.165) is 0 Å². The minimum atomic E-state index is -0.583. The lowest BCUT2D eigenvalue weighted by Crippen LogP contribution is -2.24. The lowest BCUT2D eigenvalue weighted by Gasteiger charge is -2.07. The second-order valence-corrected chi connectivity index (χ2v) is 4.19. The number of anilines is 1. The zero-order valence-corrected chi connectivity index (χ0v) is 11.3. The number of hydrogen-bond acceptors (Lipinski definition) is 6. The van der Waals surface area contributed by atoms with Gasteiger partial charge in [-0.3, -0.25) is 14.9 Å². The molecule has 0 atom stereocenters. The molecule has 0 aliphatic rings. The van der Waals surface area contributed by atoms with Crippen molar-refractivity contribution >= 4 is 17.3 Å². The van der Waals surface area contributed by atoms with Crippen LogP contribution in [0, 0.1) is 10.1 Å². The Morgan fingerprint density at radius 3 is 2.86 bits per heavy atom. The van der Waals surface area contributed by atoms with E-state index in [2.05, 4.69) is 20.3 Å². The summed E-state index contributed by atoms with van der Waals surface area (Å²) in [5.74, 6) is -0.538. The summed E-state index contributed by atoms with van der Waals surface area (Å²) in [4.78, 5) is 22.5. The maximum Gasteiger partial charge on any atom is 0.282 e. The lowest BCUT2D eigenvalue weighted by molar-refractivity contribution is -0.385. The highest BCUT2D eigenvalue weighted by molar-refractivity contribution is 5.99. The van der Waals surface area contributed by atoms with E-state index in [0.29, 0.717) is 17.9 Å². The summed E-state index contributed by atoms with van der Waals surface area (Å²) >= 11 is 0. The highest BCUT2D eigenvalue weighted by atomic mass is 16.6. The molecule has 1 aromatic heterocycles. The van der Waals surface area contributed by atoms with E-state index in [1.807, 2.05) is 6.92 Å². The van der Waals surface area contributed by atoms with Gasteiger partial charge in [-0.15, -0.1) is 0 Å². The highest BCUT2D eigenvalue weighted by Gasteiger charge is 2.20. The number of amides is 1. The Bertz CT molecular complexity index is 640. The molecule has 0 radical (unpaired) electrons. The van der Waals surface area contributed by atoms with Gasteiger partial charge in [-0.05, 0) is 19.1 Å². The number of nitro groups is 1. The molecule has 21 heavy (non-hydrogen) atoms. The van der Waals surface area contributed by atoms with Gasteiger partial charge in [0.25, 0.3) is 11.6 Å². The van der Waals surface area contributed by atoms with Crippen molar-refractivity contribution in [3.05, 3.63) is 51.9 Å². The van der Waals surface area contributed by atoms with E-state index < -0.39 is 10.8 Å².